The molecule has 0 N–H and O–H groups in total. The van der Waals surface area contributed by atoms with Gasteiger partial charge in [-0.3, -0.25) is 0 Å². The van der Waals surface area contributed by atoms with E-state index in [9.17, 15) is 0 Å². The Bertz CT molecular complexity index is 427. The molecule has 18 heavy (non-hydrogen) atoms. The van der Waals surface area contributed by atoms with Crippen LogP contribution in [0.2, 0.25) is 0 Å². The Kier molecular flexibility index (Phi) is 2.27. The zero-order valence-corrected chi connectivity index (χ0v) is 11.1. The first kappa shape index (κ1) is 10.9. The van der Waals surface area contributed by atoms with Gasteiger partial charge in [-0.05, 0) is 68.4 Å². The predicted molar refractivity (Wildman–Crippen MR) is 71.7 cm³/mol. The monoisotopic (exact) mass is 241 g/mol. The van der Waals surface area contributed by atoms with Crippen molar-refractivity contribution in [1.82, 2.24) is 0 Å². The Labute approximate surface area is 110 Å². The van der Waals surface area contributed by atoms with Crippen molar-refractivity contribution in [3.05, 3.63) is 29.8 Å². The van der Waals surface area contributed by atoms with E-state index in [1.54, 1.807) is 7.11 Å². The van der Waals surface area contributed by atoms with E-state index in [-0.39, 0.29) is 0 Å². The molecule has 4 aliphatic rings. The van der Waals surface area contributed by atoms with Gasteiger partial charge in [-0.25, -0.2) is 0 Å². The van der Waals surface area contributed by atoms with Crippen LogP contribution in [0.4, 0.5) is 0 Å². The third-order valence-electron chi connectivity index (χ3n) is 5.61. The summed E-state index contributed by atoms with van der Waals surface area (Å²) in [4.78, 5) is 0. The van der Waals surface area contributed by atoms with Gasteiger partial charge in [0.15, 0.2) is 0 Å². The van der Waals surface area contributed by atoms with Crippen LogP contribution < -0.4 is 4.74 Å². The molecule has 0 aromatic heterocycles. The maximum atomic E-state index is 5.60. The predicted octanol–water partition coefficient (Wildman–Crippen LogP) is 3.96. The van der Waals surface area contributed by atoms with E-state index in [0.29, 0.717) is 5.41 Å². The lowest BCUT2D eigenvalue weighted by Gasteiger charge is -2.57. The second kappa shape index (κ2) is 3.76. The van der Waals surface area contributed by atoms with E-state index in [2.05, 4.69) is 18.2 Å². The number of hydrogen-bond acceptors (Lipinski definition) is 1. The van der Waals surface area contributed by atoms with Crippen LogP contribution in [0, 0.1) is 23.8 Å². The van der Waals surface area contributed by atoms with Crippen LogP contribution in [-0.4, -0.2) is 7.11 Å². The lowest BCUT2D eigenvalue weighted by Crippen LogP contribution is -2.48. The molecular weight excluding hydrogens is 220 g/mol. The molecule has 0 saturated heterocycles. The molecule has 4 aliphatic carbocycles. The Morgan fingerprint density at radius 3 is 2.28 bits per heavy atom. The van der Waals surface area contributed by atoms with Crippen molar-refractivity contribution in [3.8, 4) is 5.75 Å². The van der Waals surface area contributed by atoms with E-state index in [4.69, 9.17) is 4.74 Å². The first-order chi connectivity index (χ1) is 8.79. The molecule has 0 spiro atoms. The van der Waals surface area contributed by atoms with Gasteiger partial charge in [0.2, 0.25) is 0 Å². The van der Waals surface area contributed by atoms with Crippen molar-refractivity contribution in [2.75, 3.05) is 7.11 Å². The summed E-state index contributed by atoms with van der Waals surface area (Å²) in [5.41, 5.74) is 1.79. The van der Waals surface area contributed by atoms with Crippen LogP contribution in [0.15, 0.2) is 18.2 Å². The first-order valence-electron chi connectivity index (χ1n) is 7.34. The fraction of sp³-hybridized carbons (Fsp3) is 0.647. The molecule has 4 fully saturated rings. The van der Waals surface area contributed by atoms with Crippen molar-refractivity contribution >= 4 is 0 Å². The van der Waals surface area contributed by atoms with Crippen molar-refractivity contribution in [2.45, 2.75) is 43.9 Å². The van der Waals surface area contributed by atoms with Crippen LogP contribution >= 0.6 is 0 Å². The molecule has 1 aromatic carbocycles. The summed E-state index contributed by atoms with van der Waals surface area (Å²) in [5, 5.41) is 0. The fourth-order valence-corrected chi connectivity index (χ4v) is 5.42. The SMILES string of the molecule is COc1ccc[c]c1C12CC3CC(CC(C3)C1)C2. The Morgan fingerprint density at radius 1 is 1.11 bits per heavy atom. The summed E-state index contributed by atoms with van der Waals surface area (Å²) in [6.07, 6.45) is 8.64. The molecule has 4 saturated carbocycles. The number of rotatable bonds is 2. The van der Waals surface area contributed by atoms with E-state index in [0.717, 1.165) is 23.5 Å². The molecule has 0 amide bonds. The lowest BCUT2D eigenvalue weighted by atomic mass is 9.48. The van der Waals surface area contributed by atoms with Gasteiger partial charge < -0.3 is 4.74 Å². The summed E-state index contributed by atoms with van der Waals surface area (Å²) < 4.78 is 5.60. The van der Waals surface area contributed by atoms with Crippen molar-refractivity contribution < 1.29 is 4.74 Å². The van der Waals surface area contributed by atoms with Gasteiger partial charge in [-0.1, -0.05) is 12.1 Å². The summed E-state index contributed by atoms with van der Waals surface area (Å²) >= 11 is 0. The quantitative estimate of drug-likeness (QED) is 0.761. The highest BCUT2D eigenvalue weighted by molar-refractivity contribution is 5.40. The van der Waals surface area contributed by atoms with Crippen LogP contribution in [0.1, 0.15) is 44.1 Å². The molecule has 0 heterocycles. The normalized spacial score (nSPS) is 41.1. The average molecular weight is 241 g/mol. The smallest absolute Gasteiger partial charge is 0.123 e. The van der Waals surface area contributed by atoms with E-state index >= 15 is 0 Å². The highest BCUT2D eigenvalue weighted by Gasteiger charge is 2.52. The Morgan fingerprint density at radius 2 is 1.72 bits per heavy atom. The topological polar surface area (TPSA) is 9.23 Å². The molecule has 5 rings (SSSR count). The van der Waals surface area contributed by atoms with Gasteiger partial charge in [-0.2, -0.15) is 0 Å². The zero-order valence-electron chi connectivity index (χ0n) is 11.1. The third kappa shape index (κ3) is 1.46. The van der Waals surface area contributed by atoms with E-state index in [1.807, 2.05) is 6.07 Å². The summed E-state index contributed by atoms with van der Waals surface area (Å²) in [5.74, 6) is 4.01. The molecule has 1 heteroatoms. The number of benzene rings is 1. The minimum atomic E-state index is 0.404. The highest BCUT2D eigenvalue weighted by Crippen LogP contribution is 2.61. The van der Waals surface area contributed by atoms with Crippen molar-refractivity contribution in [2.24, 2.45) is 17.8 Å². The fourth-order valence-electron chi connectivity index (χ4n) is 5.42. The van der Waals surface area contributed by atoms with Crippen LogP contribution in [-0.2, 0) is 5.41 Å². The van der Waals surface area contributed by atoms with Crippen LogP contribution in [0.5, 0.6) is 5.75 Å². The molecule has 4 bridgehead atoms. The minimum absolute atomic E-state index is 0.404. The van der Waals surface area contributed by atoms with Crippen molar-refractivity contribution in [1.29, 1.82) is 0 Å². The maximum Gasteiger partial charge on any atom is 0.123 e. The molecule has 0 unspecified atom stereocenters. The van der Waals surface area contributed by atoms with Crippen LogP contribution in [0.3, 0.4) is 0 Å². The molecule has 1 nitrogen and oxygen atoms in total. The second-order valence-electron chi connectivity index (χ2n) is 6.81. The van der Waals surface area contributed by atoms with Gasteiger partial charge in [-0.15, -0.1) is 0 Å². The van der Waals surface area contributed by atoms with Gasteiger partial charge >= 0.3 is 0 Å². The molecule has 95 valence electrons. The molecule has 0 atom stereocenters. The molecule has 1 aromatic rings. The molecule has 0 aliphatic heterocycles. The van der Waals surface area contributed by atoms with Gasteiger partial charge in [0.05, 0.1) is 7.11 Å². The van der Waals surface area contributed by atoms with Crippen LogP contribution in [0.25, 0.3) is 0 Å². The van der Waals surface area contributed by atoms with Gasteiger partial charge in [0, 0.05) is 11.0 Å². The highest BCUT2D eigenvalue weighted by atomic mass is 16.5. The Balaban J connectivity index is 1.79. The summed E-state index contributed by atoms with van der Waals surface area (Å²) in [7, 11) is 1.80. The number of ether oxygens (including phenoxy) is 1. The molecular formula is C17H21O. The molecule has 1 radical (unpaired) electrons. The minimum Gasteiger partial charge on any atom is -0.496 e. The second-order valence-corrected chi connectivity index (χ2v) is 6.81. The van der Waals surface area contributed by atoms with E-state index in [1.165, 1.54) is 44.1 Å². The Hall–Kier alpha value is -0.980. The third-order valence-corrected chi connectivity index (χ3v) is 5.61. The van der Waals surface area contributed by atoms with Gasteiger partial charge in [0.1, 0.15) is 5.75 Å². The first-order valence-corrected chi connectivity index (χ1v) is 7.34. The zero-order chi connectivity index (χ0) is 12.2. The largest absolute Gasteiger partial charge is 0.496 e. The van der Waals surface area contributed by atoms with Gasteiger partial charge in [0.25, 0.3) is 0 Å². The van der Waals surface area contributed by atoms with E-state index < -0.39 is 0 Å². The summed E-state index contributed by atoms with van der Waals surface area (Å²) in [6.45, 7) is 0. The summed E-state index contributed by atoms with van der Waals surface area (Å²) in [6, 6.07) is 9.75. The average Bonchev–Trinajstić information content (AvgIpc) is 2.37. The maximum absolute atomic E-state index is 5.60. The lowest BCUT2D eigenvalue weighted by molar-refractivity contribution is -0.00627. The standard InChI is InChI=1S/C17H21O/c1-18-16-5-3-2-4-15(16)17-9-12-6-13(10-17)8-14(7-12)11-17/h2-3,5,12-14H,6-11H2,1H3. The number of methoxy groups -OCH3 is 1. The van der Waals surface area contributed by atoms with Crippen molar-refractivity contribution in [3.63, 3.8) is 0 Å². The number of hydrogen-bond donors (Lipinski definition) is 0.